The van der Waals surface area contributed by atoms with E-state index >= 15 is 0 Å². The fourth-order valence-electron chi connectivity index (χ4n) is 3.50. The van der Waals surface area contributed by atoms with Crippen molar-refractivity contribution in [1.29, 1.82) is 0 Å². The Morgan fingerprint density at radius 1 is 1.10 bits per heavy atom. The summed E-state index contributed by atoms with van der Waals surface area (Å²) >= 11 is 0. The predicted molar refractivity (Wildman–Crippen MR) is 117 cm³/mol. The molecule has 1 aliphatic rings. The maximum Gasteiger partial charge on any atom is 0.244 e. The number of nitrogens with one attached hydrogen (secondary N) is 2. The Bertz CT molecular complexity index is 1010. The van der Waals surface area contributed by atoms with E-state index in [0.29, 0.717) is 44.6 Å². The Hall–Kier alpha value is -2.55. The molecule has 1 saturated heterocycles. The van der Waals surface area contributed by atoms with Crippen molar-refractivity contribution < 1.29 is 22.3 Å². The Morgan fingerprint density at radius 3 is 2.35 bits per heavy atom. The number of amides is 1. The van der Waals surface area contributed by atoms with Gasteiger partial charge < -0.3 is 10.1 Å². The highest BCUT2D eigenvalue weighted by molar-refractivity contribution is 7.89. The normalized spacial score (nSPS) is 16.3. The summed E-state index contributed by atoms with van der Waals surface area (Å²) in [6.45, 7) is 3.28. The van der Waals surface area contributed by atoms with Crippen LogP contribution in [0.25, 0.3) is 6.08 Å². The number of ether oxygens (including phenoxy) is 1. The van der Waals surface area contributed by atoms with Gasteiger partial charge in [0.05, 0.1) is 10.4 Å². The lowest BCUT2D eigenvalue weighted by Gasteiger charge is -2.38. The van der Waals surface area contributed by atoms with Crippen LogP contribution in [0, 0.1) is 5.82 Å². The van der Waals surface area contributed by atoms with Gasteiger partial charge in [0.1, 0.15) is 5.82 Å². The molecule has 3 rings (SSSR count). The van der Waals surface area contributed by atoms with Crippen LogP contribution in [-0.4, -0.2) is 34.1 Å². The van der Waals surface area contributed by atoms with E-state index in [-0.39, 0.29) is 16.6 Å². The summed E-state index contributed by atoms with van der Waals surface area (Å²) in [6, 6.07) is 12.5. The van der Waals surface area contributed by atoms with E-state index in [1.807, 2.05) is 6.92 Å². The fraction of sp³-hybridized carbons (Fsp3) is 0.348. The predicted octanol–water partition coefficient (Wildman–Crippen LogP) is 3.35. The van der Waals surface area contributed by atoms with Gasteiger partial charge in [-0.2, -0.15) is 0 Å². The van der Waals surface area contributed by atoms with Gasteiger partial charge in [0, 0.05) is 25.8 Å². The van der Waals surface area contributed by atoms with Gasteiger partial charge in [0.15, 0.2) is 0 Å². The van der Waals surface area contributed by atoms with Crippen molar-refractivity contribution in [1.82, 2.24) is 10.0 Å². The number of halogens is 1. The molecule has 0 aliphatic carbocycles. The van der Waals surface area contributed by atoms with E-state index in [0.717, 1.165) is 5.56 Å². The quantitative estimate of drug-likeness (QED) is 0.609. The van der Waals surface area contributed by atoms with Gasteiger partial charge in [-0.25, -0.2) is 17.5 Å². The topological polar surface area (TPSA) is 84.5 Å². The first kappa shape index (κ1) is 23.1. The van der Waals surface area contributed by atoms with Crippen LogP contribution in [0.3, 0.4) is 0 Å². The van der Waals surface area contributed by atoms with Gasteiger partial charge in [0.2, 0.25) is 15.9 Å². The molecular formula is C23H27FN2O4S. The molecule has 2 aromatic rings. The number of sulfonamides is 1. The second-order valence-electron chi connectivity index (χ2n) is 7.49. The molecule has 0 aromatic heterocycles. The molecule has 0 bridgehead atoms. The number of carbonyl (C=O) groups excluding carboxylic acids is 1. The number of benzene rings is 2. The molecule has 1 fully saturated rings. The lowest BCUT2D eigenvalue weighted by atomic mass is 9.82. The minimum atomic E-state index is -3.52. The van der Waals surface area contributed by atoms with E-state index in [4.69, 9.17) is 4.74 Å². The van der Waals surface area contributed by atoms with Crippen LogP contribution in [0.15, 0.2) is 59.5 Å². The zero-order valence-electron chi connectivity index (χ0n) is 17.4. The SMILES string of the molecule is CCCNS(=O)(=O)c1ccc(/C=C/C(=O)NC2(c3ccc(F)cc3)CCOCC2)cc1. The highest BCUT2D eigenvalue weighted by atomic mass is 32.2. The van der Waals surface area contributed by atoms with Gasteiger partial charge in [-0.3, -0.25) is 4.79 Å². The maximum absolute atomic E-state index is 13.3. The summed E-state index contributed by atoms with van der Waals surface area (Å²) in [5.41, 5.74) is 0.927. The van der Waals surface area contributed by atoms with Crippen LogP contribution in [0.1, 0.15) is 37.3 Å². The maximum atomic E-state index is 13.3. The van der Waals surface area contributed by atoms with Crippen LogP contribution < -0.4 is 10.0 Å². The summed E-state index contributed by atoms with van der Waals surface area (Å²) < 4.78 is 45.6. The number of hydrogen-bond donors (Lipinski definition) is 2. The summed E-state index contributed by atoms with van der Waals surface area (Å²) in [7, 11) is -3.52. The van der Waals surface area contributed by atoms with Crippen LogP contribution in [0.5, 0.6) is 0 Å². The summed E-state index contributed by atoms with van der Waals surface area (Å²) in [6.07, 6.45) is 4.94. The number of carbonyl (C=O) groups is 1. The third kappa shape index (κ3) is 6.00. The molecule has 2 N–H and O–H groups in total. The first-order chi connectivity index (χ1) is 14.8. The first-order valence-corrected chi connectivity index (χ1v) is 11.8. The highest BCUT2D eigenvalue weighted by Crippen LogP contribution is 2.32. The molecule has 6 nitrogen and oxygen atoms in total. The fourth-order valence-corrected chi connectivity index (χ4v) is 4.64. The van der Waals surface area contributed by atoms with Crippen molar-refractivity contribution in [2.24, 2.45) is 0 Å². The van der Waals surface area contributed by atoms with Gasteiger partial charge >= 0.3 is 0 Å². The van der Waals surface area contributed by atoms with Crippen molar-refractivity contribution in [2.75, 3.05) is 19.8 Å². The molecule has 0 unspecified atom stereocenters. The Labute approximate surface area is 182 Å². The molecular weight excluding hydrogens is 419 g/mol. The third-order valence-electron chi connectivity index (χ3n) is 5.27. The molecule has 0 radical (unpaired) electrons. The minimum absolute atomic E-state index is 0.181. The molecule has 166 valence electrons. The molecule has 31 heavy (non-hydrogen) atoms. The highest BCUT2D eigenvalue weighted by Gasteiger charge is 2.35. The number of hydrogen-bond acceptors (Lipinski definition) is 4. The summed E-state index contributed by atoms with van der Waals surface area (Å²) in [4.78, 5) is 12.8. The Kier molecular flexibility index (Phi) is 7.59. The second-order valence-corrected chi connectivity index (χ2v) is 9.26. The second kappa shape index (κ2) is 10.2. The number of rotatable bonds is 8. The van der Waals surface area contributed by atoms with Gasteiger partial charge in [-0.15, -0.1) is 0 Å². The lowest BCUT2D eigenvalue weighted by molar-refractivity contribution is -0.119. The summed E-state index contributed by atoms with van der Waals surface area (Å²) in [5, 5.41) is 3.06. The van der Waals surface area contributed by atoms with Crippen molar-refractivity contribution >= 4 is 22.0 Å². The monoisotopic (exact) mass is 446 g/mol. The molecule has 0 saturated carbocycles. The van der Waals surface area contributed by atoms with Crippen LogP contribution in [-0.2, 0) is 25.1 Å². The average Bonchev–Trinajstić information content (AvgIpc) is 2.77. The Morgan fingerprint density at radius 2 is 1.74 bits per heavy atom. The van der Waals surface area contributed by atoms with Crippen LogP contribution in [0.4, 0.5) is 4.39 Å². The smallest absolute Gasteiger partial charge is 0.244 e. The molecule has 0 spiro atoms. The lowest BCUT2D eigenvalue weighted by Crippen LogP contribution is -2.49. The van der Waals surface area contributed by atoms with E-state index in [1.54, 1.807) is 30.3 Å². The van der Waals surface area contributed by atoms with Gasteiger partial charge in [-0.05, 0) is 60.7 Å². The zero-order valence-corrected chi connectivity index (χ0v) is 18.3. The Balaban J connectivity index is 1.70. The van der Waals surface area contributed by atoms with Crippen molar-refractivity contribution in [2.45, 2.75) is 36.6 Å². The van der Waals surface area contributed by atoms with Gasteiger partial charge in [0.25, 0.3) is 0 Å². The summed E-state index contributed by atoms with van der Waals surface area (Å²) in [5.74, 6) is -0.611. The standard InChI is InChI=1S/C23H27FN2O4S/c1-2-15-25-31(28,29)21-10-3-18(4-11-21)5-12-22(27)26-23(13-16-30-17-14-23)19-6-8-20(24)9-7-19/h3-12,25H,2,13-17H2,1H3,(H,26,27)/b12-5+. The van der Waals surface area contributed by atoms with Crippen LogP contribution >= 0.6 is 0 Å². The average molecular weight is 447 g/mol. The van der Waals surface area contributed by atoms with E-state index in [2.05, 4.69) is 10.0 Å². The van der Waals surface area contributed by atoms with Crippen molar-refractivity contribution in [3.8, 4) is 0 Å². The van der Waals surface area contributed by atoms with Crippen molar-refractivity contribution in [3.63, 3.8) is 0 Å². The minimum Gasteiger partial charge on any atom is -0.381 e. The first-order valence-electron chi connectivity index (χ1n) is 10.3. The molecule has 1 aliphatic heterocycles. The molecule has 2 aromatic carbocycles. The molecule has 1 heterocycles. The van der Waals surface area contributed by atoms with Gasteiger partial charge in [-0.1, -0.05) is 31.2 Å². The zero-order chi connectivity index (χ0) is 22.3. The largest absolute Gasteiger partial charge is 0.381 e. The van der Waals surface area contributed by atoms with E-state index in [1.165, 1.54) is 30.3 Å². The molecule has 8 heteroatoms. The molecule has 0 atom stereocenters. The third-order valence-corrected chi connectivity index (χ3v) is 6.74. The molecule has 1 amide bonds. The van der Waals surface area contributed by atoms with Crippen LogP contribution in [0.2, 0.25) is 0 Å². The van der Waals surface area contributed by atoms with Crippen molar-refractivity contribution in [3.05, 3.63) is 71.6 Å². The van der Waals surface area contributed by atoms with E-state index < -0.39 is 15.6 Å². The van der Waals surface area contributed by atoms with E-state index in [9.17, 15) is 17.6 Å².